The quantitative estimate of drug-likeness (QED) is 0.765. The highest BCUT2D eigenvalue weighted by atomic mass is 32.2. The lowest BCUT2D eigenvalue weighted by Crippen LogP contribution is -2.23. The number of aliphatic carboxylic acids is 1. The van der Waals surface area contributed by atoms with Gasteiger partial charge in [0.1, 0.15) is 0 Å². The maximum absolute atomic E-state index is 12.0. The molecule has 1 unspecified atom stereocenters. The van der Waals surface area contributed by atoms with Gasteiger partial charge in [-0.3, -0.25) is 9.36 Å². The smallest absolute Gasteiger partial charge is 0.344 e. The van der Waals surface area contributed by atoms with Gasteiger partial charge in [0.05, 0.1) is 11.8 Å². The number of thioether (sulfide) groups is 1. The van der Waals surface area contributed by atoms with E-state index in [1.54, 1.807) is 15.9 Å². The van der Waals surface area contributed by atoms with Crippen LogP contribution in [0, 0.1) is 0 Å². The Labute approximate surface area is 123 Å². The molecule has 0 aromatic carbocycles. The molecule has 2 aromatic heterocycles. The van der Waals surface area contributed by atoms with Crippen LogP contribution in [0.2, 0.25) is 0 Å². The first-order valence-electron chi connectivity index (χ1n) is 6.18. The first-order valence-corrected chi connectivity index (χ1v) is 8.05. The van der Waals surface area contributed by atoms with Crippen LogP contribution in [-0.4, -0.2) is 31.6 Å². The maximum Gasteiger partial charge on any atom is 0.344 e. The fourth-order valence-corrected chi connectivity index (χ4v) is 3.51. The second-order valence-electron chi connectivity index (χ2n) is 4.18. The summed E-state index contributed by atoms with van der Waals surface area (Å²) in [6.07, 6.45) is 1.73. The Bertz CT molecular complexity index is 618. The molecule has 2 N–H and O–H groups in total. The number of rotatable bonds is 7. The molecule has 0 fully saturated rings. The van der Waals surface area contributed by atoms with Gasteiger partial charge in [-0.15, -0.1) is 16.4 Å². The SMILES string of the molecule is CCCC(c1cccs1)n1c(SCC(=O)O)n[nH]c1=O. The van der Waals surface area contributed by atoms with Gasteiger partial charge in [-0.25, -0.2) is 9.89 Å². The highest BCUT2D eigenvalue weighted by Crippen LogP contribution is 2.29. The molecule has 0 saturated heterocycles. The zero-order chi connectivity index (χ0) is 14.5. The van der Waals surface area contributed by atoms with Crippen molar-refractivity contribution in [3.63, 3.8) is 0 Å². The molecule has 8 heteroatoms. The molecule has 0 amide bonds. The van der Waals surface area contributed by atoms with Crippen molar-refractivity contribution in [2.45, 2.75) is 31.0 Å². The molecular formula is C12H15N3O3S2. The topological polar surface area (TPSA) is 88.0 Å². The zero-order valence-corrected chi connectivity index (χ0v) is 12.5. The average molecular weight is 313 g/mol. The molecule has 0 spiro atoms. The Balaban J connectivity index is 2.35. The summed E-state index contributed by atoms with van der Waals surface area (Å²) in [5.41, 5.74) is -0.301. The molecular weight excluding hydrogens is 298 g/mol. The van der Waals surface area contributed by atoms with Crippen LogP contribution in [0.5, 0.6) is 0 Å². The van der Waals surface area contributed by atoms with E-state index in [-0.39, 0.29) is 17.5 Å². The molecule has 2 aromatic rings. The van der Waals surface area contributed by atoms with Crippen LogP contribution in [0.1, 0.15) is 30.7 Å². The van der Waals surface area contributed by atoms with E-state index in [1.807, 2.05) is 17.5 Å². The van der Waals surface area contributed by atoms with Crippen molar-refractivity contribution in [3.05, 3.63) is 32.9 Å². The summed E-state index contributed by atoms with van der Waals surface area (Å²) in [5.74, 6) is -1.05. The van der Waals surface area contributed by atoms with Crippen molar-refractivity contribution in [2.75, 3.05) is 5.75 Å². The van der Waals surface area contributed by atoms with Gasteiger partial charge in [-0.2, -0.15) is 0 Å². The van der Waals surface area contributed by atoms with Crippen LogP contribution >= 0.6 is 23.1 Å². The standard InChI is InChI=1S/C12H15N3O3S2/c1-2-4-8(9-5-3-6-19-9)15-11(18)13-14-12(15)20-7-10(16)17/h3,5-6,8H,2,4,7H2,1H3,(H,13,18)(H,16,17). The van der Waals surface area contributed by atoms with Crippen molar-refractivity contribution in [1.82, 2.24) is 14.8 Å². The number of thiophene rings is 1. The van der Waals surface area contributed by atoms with E-state index in [9.17, 15) is 9.59 Å². The third-order valence-corrected chi connectivity index (χ3v) is 4.65. The monoisotopic (exact) mass is 313 g/mol. The molecule has 20 heavy (non-hydrogen) atoms. The third kappa shape index (κ3) is 3.31. The van der Waals surface area contributed by atoms with Crippen molar-refractivity contribution in [2.24, 2.45) is 0 Å². The number of nitrogens with zero attached hydrogens (tertiary/aromatic N) is 2. The number of carbonyl (C=O) groups is 1. The molecule has 0 aliphatic rings. The lowest BCUT2D eigenvalue weighted by Gasteiger charge is -2.16. The van der Waals surface area contributed by atoms with E-state index in [0.717, 1.165) is 29.5 Å². The van der Waals surface area contributed by atoms with Crippen LogP contribution in [0.3, 0.4) is 0 Å². The molecule has 0 saturated carbocycles. The average Bonchev–Trinajstić information content (AvgIpc) is 3.04. The van der Waals surface area contributed by atoms with E-state index in [0.29, 0.717) is 5.16 Å². The number of carboxylic acid groups (broad SMARTS) is 1. The van der Waals surface area contributed by atoms with Crippen LogP contribution < -0.4 is 5.69 Å². The Morgan fingerprint density at radius 3 is 3.05 bits per heavy atom. The second kappa shape index (κ2) is 6.76. The number of nitrogens with one attached hydrogen (secondary N) is 1. The van der Waals surface area contributed by atoms with Crippen LogP contribution in [0.15, 0.2) is 27.5 Å². The van der Waals surface area contributed by atoms with E-state index in [2.05, 4.69) is 17.1 Å². The first-order chi connectivity index (χ1) is 9.63. The minimum Gasteiger partial charge on any atom is -0.481 e. The largest absolute Gasteiger partial charge is 0.481 e. The number of H-pyrrole nitrogens is 1. The predicted molar refractivity (Wildman–Crippen MR) is 78.6 cm³/mol. The van der Waals surface area contributed by atoms with Crippen molar-refractivity contribution in [1.29, 1.82) is 0 Å². The van der Waals surface area contributed by atoms with Gasteiger partial charge in [-0.1, -0.05) is 31.2 Å². The Morgan fingerprint density at radius 2 is 2.45 bits per heavy atom. The molecule has 6 nitrogen and oxygen atoms in total. The van der Waals surface area contributed by atoms with Gasteiger partial charge in [0.15, 0.2) is 5.16 Å². The normalized spacial score (nSPS) is 12.4. The maximum atomic E-state index is 12.0. The number of hydrogen-bond acceptors (Lipinski definition) is 5. The molecule has 0 bridgehead atoms. The molecule has 2 heterocycles. The summed E-state index contributed by atoms with van der Waals surface area (Å²) in [7, 11) is 0. The van der Waals surface area contributed by atoms with Crippen molar-refractivity contribution < 1.29 is 9.90 Å². The first kappa shape index (κ1) is 14.9. The third-order valence-electron chi connectivity index (χ3n) is 2.74. The summed E-state index contributed by atoms with van der Waals surface area (Å²) in [6, 6.07) is 3.83. The van der Waals surface area contributed by atoms with Gasteiger partial charge in [0, 0.05) is 4.88 Å². The van der Waals surface area contributed by atoms with Gasteiger partial charge in [-0.05, 0) is 17.9 Å². The molecule has 0 aliphatic carbocycles. The van der Waals surface area contributed by atoms with Gasteiger partial charge in [0.2, 0.25) is 0 Å². The Hall–Kier alpha value is -1.54. The Morgan fingerprint density at radius 1 is 1.65 bits per heavy atom. The van der Waals surface area contributed by atoms with Crippen molar-refractivity contribution in [3.8, 4) is 0 Å². The highest BCUT2D eigenvalue weighted by Gasteiger charge is 2.21. The van der Waals surface area contributed by atoms with Crippen LogP contribution in [0.4, 0.5) is 0 Å². The second-order valence-corrected chi connectivity index (χ2v) is 6.11. The zero-order valence-electron chi connectivity index (χ0n) is 10.9. The summed E-state index contributed by atoms with van der Waals surface area (Å²) in [4.78, 5) is 23.7. The molecule has 0 radical (unpaired) electrons. The number of aromatic nitrogens is 3. The summed E-state index contributed by atoms with van der Waals surface area (Å²) >= 11 is 2.64. The molecule has 1 atom stereocenters. The van der Waals surface area contributed by atoms with E-state index >= 15 is 0 Å². The minimum absolute atomic E-state index is 0.0949. The van der Waals surface area contributed by atoms with Gasteiger partial charge < -0.3 is 5.11 Å². The van der Waals surface area contributed by atoms with Crippen molar-refractivity contribution >= 4 is 29.1 Å². The number of carboxylic acids is 1. The van der Waals surface area contributed by atoms with Crippen LogP contribution in [-0.2, 0) is 4.79 Å². The lowest BCUT2D eigenvalue weighted by molar-refractivity contribution is -0.133. The van der Waals surface area contributed by atoms with E-state index in [4.69, 9.17) is 5.11 Å². The summed E-state index contributed by atoms with van der Waals surface area (Å²) in [6.45, 7) is 2.05. The molecule has 0 aliphatic heterocycles. The van der Waals surface area contributed by atoms with Gasteiger partial charge >= 0.3 is 11.7 Å². The predicted octanol–water partition coefficient (Wildman–Crippen LogP) is 2.20. The van der Waals surface area contributed by atoms with E-state index in [1.165, 1.54) is 0 Å². The minimum atomic E-state index is -0.930. The fraction of sp³-hybridized carbons (Fsp3) is 0.417. The van der Waals surface area contributed by atoms with Gasteiger partial charge in [0.25, 0.3) is 0 Å². The summed E-state index contributed by atoms with van der Waals surface area (Å²) in [5, 5.41) is 17.5. The summed E-state index contributed by atoms with van der Waals surface area (Å²) < 4.78 is 1.56. The lowest BCUT2D eigenvalue weighted by atomic mass is 10.1. The molecule has 2 rings (SSSR count). The van der Waals surface area contributed by atoms with E-state index < -0.39 is 5.97 Å². The molecule has 108 valence electrons. The highest BCUT2D eigenvalue weighted by molar-refractivity contribution is 7.99. The number of hydrogen-bond donors (Lipinski definition) is 2. The fourth-order valence-electron chi connectivity index (χ4n) is 1.95. The number of aromatic amines is 1. The van der Waals surface area contributed by atoms with Crippen LogP contribution in [0.25, 0.3) is 0 Å². The Kier molecular flexibility index (Phi) is 5.02.